The molecule has 27 heavy (non-hydrogen) atoms. The topological polar surface area (TPSA) is 76.0 Å². The SMILES string of the molecule is Cl.NCC(Cc1ccccc1)CC1(c2ccc3cnccc3c2)C=NN=N1. The van der Waals surface area contributed by atoms with E-state index in [1.807, 2.05) is 24.5 Å². The van der Waals surface area contributed by atoms with Gasteiger partial charge in [-0.1, -0.05) is 42.5 Å². The minimum absolute atomic E-state index is 0. The lowest BCUT2D eigenvalue weighted by atomic mass is 9.80. The molecule has 0 saturated carbocycles. The average molecular weight is 380 g/mol. The van der Waals surface area contributed by atoms with Crippen molar-refractivity contribution < 1.29 is 0 Å². The second-order valence-corrected chi connectivity index (χ2v) is 6.79. The molecule has 138 valence electrons. The van der Waals surface area contributed by atoms with Crippen molar-refractivity contribution in [3.63, 3.8) is 0 Å². The van der Waals surface area contributed by atoms with E-state index in [2.05, 4.69) is 62.9 Å². The molecule has 2 atom stereocenters. The van der Waals surface area contributed by atoms with Crippen LogP contribution >= 0.6 is 12.4 Å². The Morgan fingerprint density at radius 2 is 1.85 bits per heavy atom. The molecular weight excluding hydrogens is 358 g/mol. The smallest absolute Gasteiger partial charge is 0.146 e. The van der Waals surface area contributed by atoms with Gasteiger partial charge < -0.3 is 5.73 Å². The van der Waals surface area contributed by atoms with Crippen LogP contribution in [0.5, 0.6) is 0 Å². The Bertz CT molecular complexity index is 943. The van der Waals surface area contributed by atoms with E-state index in [1.165, 1.54) is 5.56 Å². The van der Waals surface area contributed by atoms with Gasteiger partial charge in [-0.15, -0.1) is 17.5 Å². The molecule has 0 saturated heterocycles. The van der Waals surface area contributed by atoms with Crippen LogP contribution in [0.2, 0.25) is 0 Å². The third-order valence-electron chi connectivity index (χ3n) is 4.99. The van der Waals surface area contributed by atoms with E-state index < -0.39 is 5.54 Å². The summed E-state index contributed by atoms with van der Waals surface area (Å²) < 4.78 is 0. The van der Waals surface area contributed by atoms with Crippen LogP contribution in [0, 0.1) is 5.92 Å². The fraction of sp³-hybridized carbons (Fsp3) is 0.238. The Balaban J connectivity index is 0.00000210. The van der Waals surface area contributed by atoms with Gasteiger partial charge in [0.1, 0.15) is 5.54 Å². The molecule has 2 aromatic carbocycles. The van der Waals surface area contributed by atoms with Gasteiger partial charge >= 0.3 is 0 Å². The van der Waals surface area contributed by atoms with Gasteiger partial charge in [-0.2, -0.15) is 5.11 Å². The van der Waals surface area contributed by atoms with Crippen LogP contribution in [0.25, 0.3) is 10.8 Å². The van der Waals surface area contributed by atoms with Gasteiger partial charge in [-0.25, -0.2) is 0 Å². The molecule has 3 aromatic rings. The Hall–Kier alpha value is -2.63. The first-order valence-corrected chi connectivity index (χ1v) is 8.84. The Kier molecular flexibility index (Phi) is 5.94. The molecule has 1 aliphatic rings. The second-order valence-electron chi connectivity index (χ2n) is 6.79. The van der Waals surface area contributed by atoms with Crippen molar-refractivity contribution in [2.45, 2.75) is 18.4 Å². The summed E-state index contributed by atoms with van der Waals surface area (Å²) in [6, 6.07) is 18.8. The maximum Gasteiger partial charge on any atom is 0.146 e. The zero-order valence-corrected chi connectivity index (χ0v) is 15.7. The summed E-state index contributed by atoms with van der Waals surface area (Å²) in [4.78, 5) is 4.18. The molecule has 0 fully saturated rings. The monoisotopic (exact) mass is 379 g/mol. The van der Waals surface area contributed by atoms with E-state index in [0.29, 0.717) is 6.54 Å². The first kappa shape index (κ1) is 19.1. The van der Waals surface area contributed by atoms with Gasteiger partial charge in [0.25, 0.3) is 0 Å². The van der Waals surface area contributed by atoms with Crippen LogP contribution in [0.3, 0.4) is 0 Å². The minimum Gasteiger partial charge on any atom is -0.330 e. The highest BCUT2D eigenvalue weighted by Crippen LogP contribution is 2.36. The van der Waals surface area contributed by atoms with Crippen molar-refractivity contribution in [1.29, 1.82) is 0 Å². The number of halogens is 1. The first-order valence-electron chi connectivity index (χ1n) is 8.84. The van der Waals surface area contributed by atoms with Crippen LogP contribution in [-0.2, 0) is 12.0 Å². The predicted octanol–water partition coefficient (Wildman–Crippen LogP) is 4.51. The quantitative estimate of drug-likeness (QED) is 0.684. The molecule has 1 aliphatic heterocycles. The van der Waals surface area contributed by atoms with E-state index >= 15 is 0 Å². The summed E-state index contributed by atoms with van der Waals surface area (Å²) in [6.07, 6.45) is 7.22. The largest absolute Gasteiger partial charge is 0.330 e. The summed E-state index contributed by atoms with van der Waals surface area (Å²) in [5.74, 6) is 0.286. The molecule has 2 heterocycles. The van der Waals surface area contributed by atoms with E-state index in [4.69, 9.17) is 5.73 Å². The van der Waals surface area contributed by atoms with Gasteiger partial charge in [0.15, 0.2) is 0 Å². The summed E-state index contributed by atoms with van der Waals surface area (Å²) in [5, 5.41) is 14.8. The van der Waals surface area contributed by atoms with Crippen LogP contribution in [0.15, 0.2) is 82.4 Å². The third-order valence-corrected chi connectivity index (χ3v) is 4.99. The molecule has 0 aliphatic carbocycles. The molecular formula is C21H22ClN5. The standard InChI is InChI=1S/C21H21N5.ClH/c22-13-17(10-16-4-2-1-3-5-16)12-21(15-24-26-25-21)20-7-6-19-14-23-9-8-18(19)11-20;/h1-9,11,14-15,17H,10,12-13,22H2;1H. The number of aromatic nitrogens is 1. The van der Waals surface area contributed by atoms with Crippen molar-refractivity contribution in [3.8, 4) is 0 Å². The zero-order chi connectivity index (χ0) is 17.8. The van der Waals surface area contributed by atoms with E-state index in [-0.39, 0.29) is 18.3 Å². The van der Waals surface area contributed by atoms with Crippen LogP contribution in [0.4, 0.5) is 0 Å². The summed E-state index contributed by atoms with van der Waals surface area (Å²) in [5.41, 5.74) is 7.93. The number of hydrogen-bond donors (Lipinski definition) is 1. The number of benzene rings is 2. The molecule has 0 radical (unpaired) electrons. The van der Waals surface area contributed by atoms with Gasteiger partial charge in [0.05, 0.1) is 6.21 Å². The van der Waals surface area contributed by atoms with Gasteiger partial charge in [-0.05, 0) is 59.2 Å². The second kappa shape index (κ2) is 8.37. The summed E-state index contributed by atoms with van der Waals surface area (Å²) in [7, 11) is 0. The molecule has 6 heteroatoms. The minimum atomic E-state index is -0.545. The molecule has 0 bridgehead atoms. The molecule has 0 amide bonds. The molecule has 2 unspecified atom stereocenters. The zero-order valence-electron chi connectivity index (χ0n) is 14.9. The molecule has 5 nitrogen and oxygen atoms in total. The molecule has 2 N–H and O–H groups in total. The fourth-order valence-electron chi connectivity index (χ4n) is 3.58. The average Bonchev–Trinajstić information content (AvgIpc) is 3.17. The van der Waals surface area contributed by atoms with Crippen molar-refractivity contribution in [2.24, 2.45) is 27.1 Å². The number of fused-ring (bicyclic) bond motifs is 1. The number of pyridine rings is 1. The number of hydrogen-bond acceptors (Lipinski definition) is 5. The van der Waals surface area contributed by atoms with Crippen molar-refractivity contribution in [2.75, 3.05) is 6.54 Å². The highest BCUT2D eigenvalue weighted by Gasteiger charge is 2.36. The van der Waals surface area contributed by atoms with Gasteiger partial charge in [-0.3, -0.25) is 4.98 Å². The molecule has 4 rings (SSSR count). The third kappa shape index (κ3) is 4.04. The highest BCUT2D eigenvalue weighted by atomic mass is 35.5. The first-order chi connectivity index (χ1) is 12.8. The summed E-state index contributed by atoms with van der Waals surface area (Å²) >= 11 is 0. The van der Waals surface area contributed by atoms with E-state index in [9.17, 15) is 0 Å². The lowest BCUT2D eigenvalue weighted by Gasteiger charge is -2.27. The Morgan fingerprint density at radius 3 is 2.59 bits per heavy atom. The van der Waals surface area contributed by atoms with Gasteiger partial charge in [0, 0.05) is 17.8 Å². The predicted molar refractivity (Wildman–Crippen MR) is 111 cm³/mol. The normalized spacial score (nSPS) is 19.1. The Morgan fingerprint density at radius 1 is 1.00 bits per heavy atom. The van der Waals surface area contributed by atoms with E-state index in [1.54, 1.807) is 6.20 Å². The van der Waals surface area contributed by atoms with Crippen molar-refractivity contribution in [3.05, 3.63) is 78.1 Å². The van der Waals surface area contributed by atoms with Crippen molar-refractivity contribution >= 4 is 29.4 Å². The lowest BCUT2D eigenvalue weighted by molar-refractivity contribution is 0.401. The number of rotatable bonds is 6. The maximum atomic E-state index is 6.10. The summed E-state index contributed by atoms with van der Waals surface area (Å²) in [6.45, 7) is 0.595. The van der Waals surface area contributed by atoms with Crippen LogP contribution in [-0.4, -0.2) is 17.7 Å². The highest BCUT2D eigenvalue weighted by molar-refractivity contribution is 5.85. The molecule has 1 aromatic heterocycles. The van der Waals surface area contributed by atoms with Gasteiger partial charge in [0.2, 0.25) is 0 Å². The number of nitrogens with two attached hydrogens (primary N) is 1. The fourth-order valence-corrected chi connectivity index (χ4v) is 3.58. The Labute approximate surface area is 164 Å². The van der Waals surface area contributed by atoms with Crippen LogP contribution < -0.4 is 5.73 Å². The van der Waals surface area contributed by atoms with Crippen molar-refractivity contribution in [1.82, 2.24) is 4.98 Å². The lowest BCUT2D eigenvalue weighted by Crippen LogP contribution is -2.31. The molecule has 0 spiro atoms. The van der Waals surface area contributed by atoms with Crippen LogP contribution in [0.1, 0.15) is 17.5 Å². The number of nitrogens with zero attached hydrogens (tertiary/aromatic N) is 4. The van der Waals surface area contributed by atoms with E-state index in [0.717, 1.165) is 29.2 Å². The maximum absolute atomic E-state index is 6.10.